The Kier molecular flexibility index (Phi) is 10.6. The summed E-state index contributed by atoms with van der Waals surface area (Å²) in [6.07, 6.45) is 10.2. The summed E-state index contributed by atoms with van der Waals surface area (Å²) in [4.78, 5) is 0. The van der Waals surface area contributed by atoms with Crippen molar-refractivity contribution < 1.29 is 0 Å². The van der Waals surface area contributed by atoms with Crippen LogP contribution in [-0.4, -0.2) is 19.0 Å². The summed E-state index contributed by atoms with van der Waals surface area (Å²) in [5.41, 5.74) is 1.48. The van der Waals surface area contributed by atoms with E-state index in [2.05, 4.69) is 37.6 Å². The second-order valence-electron chi connectivity index (χ2n) is 3.69. The van der Waals surface area contributed by atoms with Gasteiger partial charge in [-0.1, -0.05) is 25.2 Å². The molecule has 0 aromatic heterocycles. The van der Waals surface area contributed by atoms with Crippen LogP contribution in [0.1, 0.15) is 26.2 Å². The van der Waals surface area contributed by atoms with E-state index in [4.69, 9.17) is 11.6 Å². The van der Waals surface area contributed by atoms with Gasteiger partial charge in [-0.15, -0.1) is 24.8 Å². The first-order chi connectivity index (χ1) is 7.88. The molecule has 1 aliphatic heterocycles. The molecule has 1 N–H and O–H groups in total. The molecule has 0 aromatic rings. The molecule has 0 atom stereocenters. The summed E-state index contributed by atoms with van der Waals surface area (Å²) < 4.78 is 0. The normalized spacial score (nSPS) is 18.2. The van der Waals surface area contributed by atoms with Crippen molar-refractivity contribution in [3.63, 3.8) is 0 Å². The maximum atomic E-state index is 5.66. The number of rotatable bonds is 4. The molecule has 0 amide bonds. The van der Waals surface area contributed by atoms with Gasteiger partial charge in [0.1, 0.15) is 0 Å². The summed E-state index contributed by atoms with van der Waals surface area (Å²) in [6, 6.07) is 0. The van der Waals surface area contributed by atoms with Gasteiger partial charge in [-0.3, -0.25) is 0 Å². The Morgan fingerprint density at radius 2 is 2.00 bits per heavy atom. The third-order valence-corrected chi connectivity index (χ3v) is 2.83. The lowest BCUT2D eigenvalue weighted by Crippen LogP contribution is -2.28. The van der Waals surface area contributed by atoms with E-state index >= 15 is 0 Å². The molecule has 1 nitrogen and oxygen atoms in total. The van der Waals surface area contributed by atoms with E-state index in [1.807, 2.05) is 6.08 Å². The predicted molar refractivity (Wildman–Crippen MR) is 75.1 cm³/mol. The SMILES string of the molecule is C=C.CC/C=C(\C=C/CCl)C1CCNCC1. The average molecular weight is 242 g/mol. The minimum Gasteiger partial charge on any atom is -0.317 e. The highest BCUT2D eigenvalue weighted by Gasteiger charge is 2.14. The van der Waals surface area contributed by atoms with E-state index in [1.165, 1.54) is 18.4 Å². The molecule has 0 saturated carbocycles. The zero-order chi connectivity index (χ0) is 12.2. The van der Waals surface area contributed by atoms with Gasteiger partial charge in [-0.2, -0.15) is 0 Å². The van der Waals surface area contributed by atoms with E-state index in [0.29, 0.717) is 5.88 Å². The van der Waals surface area contributed by atoms with Crippen molar-refractivity contribution in [1.82, 2.24) is 5.32 Å². The Morgan fingerprint density at radius 3 is 2.50 bits per heavy atom. The highest BCUT2D eigenvalue weighted by atomic mass is 35.5. The number of piperidine rings is 1. The van der Waals surface area contributed by atoms with Crippen LogP contribution in [0.3, 0.4) is 0 Å². The van der Waals surface area contributed by atoms with E-state index < -0.39 is 0 Å². The lowest BCUT2D eigenvalue weighted by molar-refractivity contribution is 0.424. The molecule has 0 spiro atoms. The van der Waals surface area contributed by atoms with E-state index in [9.17, 15) is 0 Å². The topological polar surface area (TPSA) is 12.0 Å². The molecule has 0 unspecified atom stereocenters. The Morgan fingerprint density at radius 1 is 1.38 bits per heavy atom. The molecule has 2 heteroatoms. The van der Waals surface area contributed by atoms with Crippen LogP contribution < -0.4 is 5.32 Å². The summed E-state index contributed by atoms with van der Waals surface area (Å²) >= 11 is 5.66. The lowest BCUT2D eigenvalue weighted by atomic mass is 9.89. The number of halogens is 1. The van der Waals surface area contributed by atoms with Crippen LogP contribution in [0.4, 0.5) is 0 Å². The third kappa shape index (κ3) is 6.14. The van der Waals surface area contributed by atoms with Gasteiger partial charge in [0.05, 0.1) is 0 Å². The highest BCUT2D eigenvalue weighted by molar-refractivity contribution is 6.18. The summed E-state index contributed by atoms with van der Waals surface area (Å²) in [7, 11) is 0. The Balaban J connectivity index is 0.00000106. The molecule has 92 valence electrons. The first kappa shape index (κ1) is 15.5. The minimum absolute atomic E-state index is 0.617. The van der Waals surface area contributed by atoms with Crippen LogP contribution in [0.5, 0.6) is 0 Å². The number of nitrogens with one attached hydrogen (secondary N) is 1. The molecule has 0 bridgehead atoms. The van der Waals surface area contributed by atoms with Crippen molar-refractivity contribution in [2.45, 2.75) is 26.2 Å². The van der Waals surface area contributed by atoms with Gasteiger partial charge in [0.15, 0.2) is 0 Å². The van der Waals surface area contributed by atoms with Crippen molar-refractivity contribution >= 4 is 11.6 Å². The van der Waals surface area contributed by atoms with Gasteiger partial charge in [0.25, 0.3) is 0 Å². The third-order valence-electron chi connectivity index (χ3n) is 2.65. The smallest absolute Gasteiger partial charge is 0.0407 e. The standard InChI is InChI=1S/C12H20ClN.C2H4/c1-2-4-11(5-3-8-13)12-6-9-14-10-7-12;1-2/h3-5,12,14H,2,6-10H2,1H3;1-2H2/b5-3-,11-4+;. The zero-order valence-corrected chi connectivity index (χ0v) is 11.1. The molecule has 1 fully saturated rings. The molecular weight excluding hydrogens is 218 g/mol. The Hall–Kier alpha value is -0.530. The van der Waals surface area contributed by atoms with E-state index in [-0.39, 0.29) is 0 Å². The fourth-order valence-corrected chi connectivity index (χ4v) is 2.03. The van der Waals surface area contributed by atoms with Crippen LogP contribution in [-0.2, 0) is 0 Å². The van der Waals surface area contributed by atoms with Crippen LogP contribution >= 0.6 is 11.6 Å². The van der Waals surface area contributed by atoms with Crippen LogP contribution in [0, 0.1) is 5.92 Å². The molecule has 1 heterocycles. The molecule has 1 aliphatic rings. The van der Waals surface area contributed by atoms with Crippen molar-refractivity contribution in [1.29, 1.82) is 0 Å². The summed E-state index contributed by atoms with van der Waals surface area (Å²) in [6.45, 7) is 10.5. The van der Waals surface area contributed by atoms with Crippen LogP contribution in [0.2, 0.25) is 0 Å². The fraction of sp³-hybridized carbons (Fsp3) is 0.571. The molecule has 0 aromatic carbocycles. The van der Waals surface area contributed by atoms with Crippen molar-refractivity contribution in [2.75, 3.05) is 19.0 Å². The first-order valence-electron chi connectivity index (χ1n) is 6.01. The van der Waals surface area contributed by atoms with Crippen LogP contribution in [0.15, 0.2) is 37.0 Å². The number of hydrogen-bond donors (Lipinski definition) is 1. The minimum atomic E-state index is 0.617. The molecular formula is C14H24ClN. The lowest BCUT2D eigenvalue weighted by Gasteiger charge is -2.23. The second-order valence-corrected chi connectivity index (χ2v) is 4.00. The molecule has 0 radical (unpaired) electrons. The predicted octanol–water partition coefficient (Wildman–Crippen LogP) is 3.92. The number of alkyl halides is 1. The average Bonchev–Trinajstić information content (AvgIpc) is 2.38. The highest BCUT2D eigenvalue weighted by Crippen LogP contribution is 2.22. The molecule has 0 aliphatic carbocycles. The van der Waals surface area contributed by atoms with Crippen molar-refractivity contribution in [3.8, 4) is 0 Å². The summed E-state index contributed by atoms with van der Waals surface area (Å²) in [5, 5.41) is 3.39. The van der Waals surface area contributed by atoms with Crippen molar-refractivity contribution in [3.05, 3.63) is 37.0 Å². The Bertz CT molecular complexity index is 215. The van der Waals surface area contributed by atoms with Gasteiger partial charge < -0.3 is 5.32 Å². The van der Waals surface area contributed by atoms with E-state index in [1.54, 1.807) is 0 Å². The van der Waals surface area contributed by atoms with Gasteiger partial charge in [0, 0.05) is 5.88 Å². The zero-order valence-electron chi connectivity index (χ0n) is 10.3. The maximum Gasteiger partial charge on any atom is 0.0407 e. The Labute approximate surface area is 105 Å². The van der Waals surface area contributed by atoms with Gasteiger partial charge in [-0.05, 0) is 43.8 Å². The second kappa shape index (κ2) is 11.0. The fourth-order valence-electron chi connectivity index (χ4n) is 1.94. The van der Waals surface area contributed by atoms with Crippen LogP contribution in [0.25, 0.3) is 0 Å². The summed E-state index contributed by atoms with van der Waals surface area (Å²) in [5.74, 6) is 1.36. The number of hydrogen-bond acceptors (Lipinski definition) is 1. The monoisotopic (exact) mass is 241 g/mol. The van der Waals surface area contributed by atoms with Gasteiger partial charge >= 0.3 is 0 Å². The van der Waals surface area contributed by atoms with Gasteiger partial charge in [0.2, 0.25) is 0 Å². The van der Waals surface area contributed by atoms with Gasteiger partial charge in [-0.25, -0.2) is 0 Å². The van der Waals surface area contributed by atoms with Crippen molar-refractivity contribution in [2.24, 2.45) is 5.92 Å². The molecule has 1 rings (SSSR count). The largest absolute Gasteiger partial charge is 0.317 e. The maximum absolute atomic E-state index is 5.66. The quantitative estimate of drug-likeness (QED) is 0.447. The van der Waals surface area contributed by atoms with E-state index in [0.717, 1.165) is 25.4 Å². The molecule has 1 saturated heterocycles. The molecule has 16 heavy (non-hydrogen) atoms. The number of allylic oxidation sites excluding steroid dienone is 4. The first-order valence-corrected chi connectivity index (χ1v) is 6.55.